The number of rotatable bonds is 5. The van der Waals surface area contributed by atoms with Crippen LogP contribution in [0.3, 0.4) is 0 Å². The maximum absolute atomic E-state index is 11.6. The Labute approximate surface area is 150 Å². The van der Waals surface area contributed by atoms with Crippen LogP contribution in [0.2, 0.25) is 5.02 Å². The molecule has 128 valence electrons. The van der Waals surface area contributed by atoms with E-state index in [9.17, 15) is 4.79 Å². The molecule has 1 amide bonds. The lowest BCUT2D eigenvalue weighted by Gasteiger charge is -2.19. The van der Waals surface area contributed by atoms with Crippen molar-refractivity contribution in [3.8, 4) is 11.4 Å². The number of hydrogen-bond acceptors (Lipinski definition) is 5. The second-order valence-electron chi connectivity index (χ2n) is 5.47. The van der Waals surface area contributed by atoms with Gasteiger partial charge in [-0.25, -0.2) is 0 Å². The summed E-state index contributed by atoms with van der Waals surface area (Å²) >= 11 is 5.98. The lowest BCUT2D eigenvalue weighted by Crippen LogP contribution is -2.23. The Bertz CT molecular complexity index is 894. The van der Waals surface area contributed by atoms with Crippen molar-refractivity contribution in [2.75, 3.05) is 17.3 Å². The molecule has 3 aromatic rings. The van der Waals surface area contributed by atoms with Crippen molar-refractivity contribution in [3.63, 3.8) is 0 Å². The molecule has 0 fully saturated rings. The van der Waals surface area contributed by atoms with E-state index in [4.69, 9.17) is 16.1 Å². The maximum Gasteiger partial charge on any atom is 0.246 e. The molecule has 0 bridgehead atoms. The van der Waals surface area contributed by atoms with E-state index in [1.165, 1.54) is 6.92 Å². The number of halogens is 1. The fraction of sp³-hybridized carbons (Fsp3) is 0.167. The van der Waals surface area contributed by atoms with Gasteiger partial charge in [0, 0.05) is 24.6 Å². The second-order valence-corrected chi connectivity index (χ2v) is 5.91. The minimum Gasteiger partial charge on any atom is -0.374 e. The predicted molar refractivity (Wildman–Crippen MR) is 97.6 cm³/mol. The zero-order valence-corrected chi connectivity index (χ0v) is 14.6. The number of amides is 1. The first-order valence-corrected chi connectivity index (χ1v) is 8.08. The average molecular weight is 357 g/mol. The Morgan fingerprint density at radius 1 is 1.24 bits per heavy atom. The summed E-state index contributed by atoms with van der Waals surface area (Å²) in [6, 6.07) is 14.8. The van der Waals surface area contributed by atoms with Crippen LogP contribution in [0.1, 0.15) is 12.8 Å². The van der Waals surface area contributed by atoms with Crippen LogP contribution in [0, 0.1) is 0 Å². The van der Waals surface area contributed by atoms with E-state index in [0.29, 0.717) is 23.3 Å². The Balaban J connectivity index is 1.74. The first-order valence-electron chi connectivity index (χ1n) is 7.70. The molecule has 0 aliphatic rings. The summed E-state index contributed by atoms with van der Waals surface area (Å²) in [4.78, 5) is 17.5. The topological polar surface area (TPSA) is 71.3 Å². The number of nitrogens with zero attached hydrogens (tertiary/aromatic N) is 3. The van der Waals surface area contributed by atoms with Crippen LogP contribution in [0.15, 0.2) is 53.1 Å². The third kappa shape index (κ3) is 3.97. The second kappa shape index (κ2) is 7.36. The lowest BCUT2D eigenvalue weighted by molar-refractivity contribution is -0.116. The average Bonchev–Trinajstić information content (AvgIpc) is 3.08. The molecule has 1 heterocycles. The van der Waals surface area contributed by atoms with Gasteiger partial charge in [0.15, 0.2) is 0 Å². The van der Waals surface area contributed by atoms with E-state index in [2.05, 4.69) is 15.5 Å². The van der Waals surface area contributed by atoms with Crippen LogP contribution in [0.25, 0.3) is 11.4 Å². The summed E-state index contributed by atoms with van der Waals surface area (Å²) in [7, 11) is 1.73. The summed E-state index contributed by atoms with van der Waals surface area (Å²) in [5.74, 6) is 0.874. The number of nitrogens with one attached hydrogen (secondary N) is 1. The highest BCUT2D eigenvalue weighted by Crippen LogP contribution is 2.25. The number of hydrogen-bond donors (Lipinski definition) is 1. The maximum atomic E-state index is 11.6. The minimum atomic E-state index is -0.0460. The summed E-state index contributed by atoms with van der Waals surface area (Å²) in [5, 5.41) is 7.82. The number of para-hydroxylation sites is 2. The first kappa shape index (κ1) is 17.0. The summed E-state index contributed by atoms with van der Waals surface area (Å²) in [5.41, 5.74) is 2.38. The quantitative estimate of drug-likeness (QED) is 0.748. The van der Waals surface area contributed by atoms with Gasteiger partial charge < -0.3 is 14.7 Å². The van der Waals surface area contributed by atoms with Crippen molar-refractivity contribution in [2.24, 2.45) is 0 Å². The van der Waals surface area contributed by atoms with Crippen LogP contribution in [-0.2, 0) is 11.3 Å². The monoisotopic (exact) mass is 356 g/mol. The van der Waals surface area contributed by atoms with Crippen LogP contribution < -0.4 is 10.2 Å². The van der Waals surface area contributed by atoms with Crippen LogP contribution in [0.4, 0.5) is 11.4 Å². The molecule has 1 N–H and O–H groups in total. The van der Waals surface area contributed by atoms with Gasteiger partial charge in [-0.1, -0.05) is 41.0 Å². The first-order chi connectivity index (χ1) is 12.0. The van der Waals surface area contributed by atoms with Crippen molar-refractivity contribution in [1.29, 1.82) is 0 Å². The summed E-state index contributed by atoms with van der Waals surface area (Å²) in [6.45, 7) is 1.86. The van der Waals surface area contributed by atoms with Crippen molar-refractivity contribution < 1.29 is 9.32 Å². The molecule has 0 saturated heterocycles. The molecule has 0 unspecified atom stereocenters. The van der Waals surface area contributed by atoms with Crippen LogP contribution in [-0.4, -0.2) is 23.1 Å². The normalized spacial score (nSPS) is 10.5. The van der Waals surface area contributed by atoms with Gasteiger partial charge in [-0.05, 0) is 24.3 Å². The molecule has 0 aliphatic carbocycles. The molecular weight excluding hydrogens is 340 g/mol. The number of aromatic nitrogens is 2. The SMILES string of the molecule is CC(=O)N(C)c1ccccc1NCc1nc(-c2cccc(Cl)c2)no1. The van der Waals surface area contributed by atoms with E-state index in [0.717, 1.165) is 16.9 Å². The van der Waals surface area contributed by atoms with Crippen LogP contribution >= 0.6 is 11.6 Å². The third-order valence-electron chi connectivity index (χ3n) is 3.72. The summed E-state index contributed by atoms with van der Waals surface area (Å²) < 4.78 is 5.28. The zero-order valence-electron chi connectivity index (χ0n) is 13.9. The van der Waals surface area contributed by atoms with E-state index in [-0.39, 0.29) is 5.91 Å². The van der Waals surface area contributed by atoms with Gasteiger partial charge >= 0.3 is 0 Å². The predicted octanol–water partition coefficient (Wildman–Crippen LogP) is 3.98. The molecule has 2 aromatic carbocycles. The third-order valence-corrected chi connectivity index (χ3v) is 3.95. The smallest absolute Gasteiger partial charge is 0.246 e. The Kier molecular flexibility index (Phi) is 5.00. The van der Waals surface area contributed by atoms with Crippen LogP contribution in [0.5, 0.6) is 0 Å². The molecule has 3 rings (SSSR count). The molecule has 7 heteroatoms. The molecule has 6 nitrogen and oxygen atoms in total. The van der Waals surface area contributed by atoms with E-state index >= 15 is 0 Å². The van der Waals surface area contributed by atoms with E-state index < -0.39 is 0 Å². The van der Waals surface area contributed by atoms with Gasteiger partial charge in [-0.3, -0.25) is 4.79 Å². The highest BCUT2D eigenvalue weighted by atomic mass is 35.5. The molecule has 0 atom stereocenters. The van der Waals surface area contributed by atoms with Gasteiger partial charge in [0.05, 0.1) is 17.9 Å². The number of anilines is 2. The Morgan fingerprint density at radius 2 is 2.04 bits per heavy atom. The molecule has 1 aromatic heterocycles. The molecule has 25 heavy (non-hydrogen) atoms. The molecular formula is C18H17ClN4O2. The van der Waals surface area contributed by atoms with Gasteiger partial charge in [-0.2, -0.15) is 4.98 Å². The van der Waals surface area contributed by atoms with Gasteiger partial charge in [0.2, 0.25) is 17.6 Å². The molecule has 0 saturated carbocycles. The fourth-order valence-electron chi connectivity index (χ4n) is 2.33. The van der Waals surface area contributed by atoms with Gasteiger partial charge in [0.25, 0.3) is 0 Å². The Morgan fingerprint density at radius 3 is 2.80 bits per heavy atom. The van der Waals surface area contributed by atoms with Crippen molar-refractivity contribution >= 4 is 28.9 Å². The zero-order chi connectivity index (χ0) is 17.8. The van der Waals surface area contributed by atoms with E-state index in [1.54, 1.807) is 24.1 Å². The van der Waals surface area contributed by atoms with Crippen molar-refractivity contribution in [1.82, 2.24) is 10.1 Å². The largest absolute Gasteiger partial charge is 0.374 e. The van der Waals surface area contributed by atoms with Crippen molar-refractivity contribution in [3.05, 3.63) is 59.4 Å². The molecule has 0 radical (unpaired) electrons. The Hall–Kier alpha value is -2.86. The lowest BCUT2D eigenvalue weighted by atomic mass is 10.2. The van der Waals surface area contributed by atoms with Gasteiger partial charge in [-0.15, -0.1) is 0 Å². The number of benzene rings is 2. The van der Waals surface area contributed by atoms with Gasteiger partial charge in [0.1, 0.15) is 0 Å². The fourth-order valence-corrected chi connectivity index (χ4v) is 2.52. The molecule has 0 aliphatic heterocycles. The minimum absolute atomic E-state index is 0.0460. The summed E-state index contributed by atoms with van der Waals surface area (Å²) in [6.07, 6.45) is 0. The van der Waals surface area contributed by atoms with Crippen molar-refractivity contribution in [2.45, 2.75) is 13.5 Å². The van der Waals surface area contributed by atoms with E-state index in [1.807, 2.05) is 36.4 Å². The number of carbonyl (C=O) groups is 1. The molecule has 0 spiro atoms. The highest BCUT2D eigenvalue weighted by Gasteiger charge is 2.12. The number of carbonyl (C=O) groups excluding carboxylic acids is 1. The highest BCUT2D eigenvalue weighted by molar-refractivity contribution is 6.30. The standard InChI is InChI=1S/C18H17ClN4O2/c1-12(24)23(2)16-9-4-3-8-15(16)20-11-17-21-18(22-25-17)13-6-5-7-14(19)10-13/h3-10,20H,11H2,1-2H3.